The Hall–Kier alpha value is -3.72. The number of fused-ring (bicyclic) bond motifs is 1. The minimum absolute atomic E-state index is 0.271. The van der Waals surface area contributed by atoms with Gasteiger partial charge >= 0.3 is 17.8 Å². The van der Waals surface area contributed by atoms with E-state index in [9.17, 15) is 14.4 Å². The molecule has 0 bridgehead atoms. The minimum atomic E-state index is -0.958. The van der Waals surface area contributed by atoms with Gasteiger partial charge < -0.3 is 10.1 Å². The fraction of sp³-hybridized carbons (Fsp3) is 0.0400. The molecule has 1 aromatic heterocycles. The number of carbonyl (C=O) groups is 3. The number of rotatable bonds is 5. The standard InChI is InChI=1S/C25H17Cl2N3O4S/c1-14-9-10-16(12-19(14)26)29-23(31)24(32)30-28-13-15-5-4-6-17(11-15)34-25(33)22-21(27)18-7-2-3-8-20(18)35-22/h2-13H,1H3,(H,29,31)(H,30,32)/b28-13-. The number of amides is 2. The average Bonchev–Trinajstić information content (AvgIpc) is 3.18. The summed E-state index contributed by atoms with van der Waals surface area (Å²) in [6, 6.07) is 18.9. The van der Waals surface area contributed by atoms with Gasteiger partial charge in [0.15, 0.2) is 0 Å². The number of anilines is 1. The lowest BCUT2D eigenvalue weighted by molar-refractivity contribution is -0.136. The van der Waals surface area contributed by atoms with Gasteiger partial charge in [-0.05, 0) is 48.4 Å². The van der Waals surface area contributed by atoms with Crippen molar-refractivity contribution in [3.05, 3.63) is 92.8 Å². The molecule has 176 valence electrons. The number of halogens is 2. The maximum atomic E-state index is 12.6. The number of hydrogen-bond acceptors (Lipinski definition) is 6. The van der Waals surface area contributed by atoms with Gasteiger partial charge in [-0.3, -0.25) is 9.59 Å². The van der Waals surface area contributed by atoms with E-state index in [1.807, 2.05) is 31.2 Å². The first-order valence-corrected chi connectivity index (χ1v) is 11.8. The Labute approximate surface area is 214 Å². The summed E-state index contributed by atoms with van der Waals surface area (Å²) >= 11 is 13.6. The minimum Gasteiger partial charge on any atom is -0.422 e. The van der Waals surface area contributed by atoms with Crippen LogP contribution in [0.5, 0.6) is 5.75 Å². The van der Waals surface area contributed by atoms with Gasteiger partial charge in [-0.1, -0.05) is 59.6 Å². The third-order valence-corrected chi connectivity index (χ3v) is 6.87. The highest BCUT2D eigenvalue weighted by molar-refractivity contribution is 7.21. The fourth-order valence-electron chi connectivity index (χ4n) is 3.03. The van der Waals surface area contributed by atoms with Gasteiger partial charge in [-0.15, -0.1) is 11.3 Å². The van der Waals surface area contributed by atoms with Crippen molar-refractivity contribution in [2.75, 3.05) is 5.32 Å². The van der Waals surface area contributed by atoms with Crippen LogP contribution in [0.1, 0.15) is 20.8 Å². The summed E-state index contributed by atoms with van der Waals surface area (Å²) in [5.74, 6) is -2.16. The zero-order valence-corrected chi connectivity index (χ0v) is 20.5. The summed E-state index contributed by atoms with van der Waals surface area (Å²) in [6.07, 6.45) is 1.32. The number of ether oxygens (including phenoxy) is 1. The van der Waals surface area contributed by atoms with Crippen molar-refractivity contribution in [3.63, 3.8) is 0 Å². The third kappa shape index (κ3) is 5.86. The van der Waals surface area contributed by atoms with Crippen LogP contribution in [0.25, 0.3) is 10.1 Å². The fourth-order valence-corrected chi connectivity index (χ4v) is 4.60. The van der Waals surface area contributed by atoms with Gasteiger partial charge in [-0.2, -0.15) is 5.10 Å². The van der Waals surface area contributed by atoms with Crippen molar-refractivity contribution in [2.24, 2.45) is 5.10 Å². The number of nitrogens with one attached hydrogen (secondary N) is 2. The largest absolute Gasteiger partial charge is 0.422 e. The monoisotopic (exact) mass is 525 g/mol. The summed E-state index contributed by atoms with van der Waals surface area (Å²) in [4.78, 5) is 37.0. The molecule has 0 saturated heterocycles. The van der Waals surface area contributed by atoms with Crippen molar-refractivity contribution >= 4 is 74.3 Å². The van der Waals surface area contributed by atoms with E-state index in [1.165, 1.54) is 17.6 Å². The van der Waals surface area contributed by atoms with E-state index in [4.69, 9.17) is 27.9 Å². The number of hydrazone groups is 1. The van der Waals surface area contributed by atoms with Gasteiger partial charge in [0.05, 0.1) is 11.2 Å². The molecule has 0 aliphatic rings. The van der Waals surface area contributed by atoms with Crippen LogP contribution < -0.4 is 15.5 Å². The number of esters is 1. The molecule has 0 unspecified atom stereocenters. The lowest BCUT2D eigenvalue weighted by Crippen LogP contribution is -2.32. The van der Waals surface area contributed by atoms with Crippen LogP contribution in [0, 0.1) is 6.92 Å². The number of aryl methyl sites for hydroxylation is 1. The highest BCUT2D eigenvalue weighted by Crippen LogP contribution is 2.35. The second-order valence-corrected chi connectivity index (χ2v) is 9.16. The summed E-state index contributed by atoms with van der Waals surface area (Å²) < 4.78 is 6.35. The normalized spacial score (nSPS) is 10.9. The Morgan fingerprint density at radius 3 is 2.54 bits per heavy atom. The Bertz CT molecular complexity index is 1480. The lowest BCUT2D eigenvalue weighted by atomic mass is 10.2. The van der Waals surface area contributed by atoms with Crippen LogP contribution in [0.2, 0.25) is 10.0 Å². The van der Waals surface area contributed by atoms with Crippen molar-refractivity contribution in [1.82, 2.24) is 5.43 Å². The van der Waals surface area contributed by atoms with E-state index in [1.54, 1.807) is 42.5 Å². The highest BCUT2D eigenvalue weighted by atomic mass is 35.5. The number of hydrogen-bond donors (Lipinski definition) is 2. The number of benzene rings is 3. The van der Waals surface area contributed by atoms with Crippen molar-refractivity contribution in [1.29, 1.82) is 0 Å². The molecule has 2 amide bonds. The Kier molecular flexibility index (Phi) is 7.45. The molecule has 0 aliphatic carbocycles. The topological polar surface area (TPSA) is 96.9 Å². The Morgan fingerprint density at radius 1 is 0.971 bits per heavy atom. The zero-order valence-electron chi connectivity index (χ0n) is 18.2. The summed E-state index contributed by atoms with van der Waals surface area (Å²) in [6.45, 7) is 1.82. The molecule has 0 aliphatic heterocycles. The third-order valence-electron chi connectivity index (χ3n) is 4.80. The maximum Gasteiger partial charge on any atom is 0.355 e. The highest BCUT2D eigenvalue weighted by Gasteiger charge is 2.19. The molecule has 4 aromatic rings. The molecule has 0 atom stereocenters. The molecule has 2 N–H and O–H groups in total. The van der Waals surface area contributed by atoms with Crippen LogP contribution in [0.3, 0.4) is 0 Å². The molecular formula is C25H17Cl2N3O4S. The van der Waals surface area contributed by atoms with E-state index in [-0.39, 0.29) is 5.75 Å². The van der Waals surface area contributed by atoms with Crippen molar-refractivity contribution < 1.29 is 19.1 Å². The molecule has 0 saturated carbocycles. The van der Waals surface area contributed by atoms with E-state index in [0.717, 1.165) is 15.6 Å². The van der Waals surface area contributed by atoms with Crippen LogP contribution in [0.15, 0.2) is 71.8 Å². The molecule has 0 spiro atoms. The van der Waals surface area contributed by atoms with Gasteiger partial charge in [0.1, 0.15) is 10.6 Å². The molecule has 4 rings (SSSR count). The van der Waals surface area contributed by atoms with Gasteiger partial charge in [-0.25, -0.2) is 10.2 Å². The van der Waals surface area contributed by atoms with Crippen LogP contribution in [0.4, 0.5) is 5.69 Å². The smallest absolute Gasteiger partial charge is 0.355 e. The second-order valence-electron chi connectivity index (χ2n) is 7.32. The number of thiophene rings is 1. The predicted molar refractivity (Wildman–Crippen MR) is 139 cm³/mol. The zero-order chi connectivity index (χ0) is 24.9. The molecule has 35 heavy (non-hydrogen) atoms. The van der Waals surface area contributed by atoms with Gasteiger partial charge in [0.25, 0.3) is 0 Å². The summed E-state index contributed by atoms with van der Waals surface area (Å²) in [7, 11) is 0. The molecule has 1 heterocycles. The van der Waals surface area contributed by atoms with Crippen LogP contribution >= 0.6 is 34.5 Å². The van der Waals surface area contributed by atoms with Crippen LogP contribution in [-0.2, 0) is 9.59 Å². The first-order chi connectivity index (χ1) is 16.8. The second kappa shape index (κ2) is 10.7. The number of carbonyl (C=O) groups excluding carboxylic acids is 3. The predicted octanol–water partition coefficient (Wildman–Crippen LogP) is 5.82. The van der Waals surface area contributed by atoms with E-state index < -0.39 is 17.8 Å². The Balaban J connectivity index is 1.36. The quantitative estimate of drug-likeness (QED) is 0.113. The molecular weight excluding hydrogens is 509 g/mol. The number of nitrogens with zero attached hydrogens (tertiary/aromatic N) is 1. The molecule has 7 nitrogen and oxygen atoms in total. The lowest BCUT2D eigenvalue weighted by Gasteiger charge is -2.06. The summed E-state index contributed by atoms with van der Waals surface area (Å²) in [5.41, 5.74) is 3.91. The molecule has 10 heteroatoms. The van der Waals surface area contributed by atoms with E-state index >= 15 is 0 Å². The van der Waals surface area contributed by atoms with Crippen molar-refractivity contribution in [2.45, 2.75) is 6.92 Å². The van der Waals surface area contributed by atoms with Gasteiger partial charge in [0, 0.05) is 20.8 Å². The Morgan fingerprint density at radius 2 is 1.77 bits per heavy atom. The maximum absolute atomic E-state index is 12.6. The first kappa shape index (κ1) is 24.4. The summed E-state index contributed by atoms with van der Waals surface area (Å²) in [5, 5.41) is 7.84. The first-order valence-electron chi connectivity index (χ1n) is 10.2. The van der Waals surface area contributed by atoms with Crippen molar-refractivity contribution in [3.8, 4) is 5.75 Å². The molecule has 0 radical (unpaired) electrons. The average molecular weight is 526 g/mol. The van der Waals surface area contributed by atoms with E-state index in [0.29, 0.717) is 26.2 Å². The molecule has 0 fully saturated rings. The SMILES string of the molecule is Cc1ccc(NC(=O)C(=O)N/N=C\c2cccc(OC(=O)c3sc4ccccc4c3Cl)c2)cc1Cl. The van der Waals surface area contributed by atoms with E-state index in [2.05, 4.69) is 15.8 Å². The van der Waals surface area contributed by atoms with Gasteiger partial charge in [0.2, 0.25) is 0 Å². The molecule has 3 aromatic carbocycles. The van der Waals surface area contributed by atoms with Crippen LogP contribution in [-0.4, -0.2) is 24.0 Å².